The predicted molar refractivity (Wildman–Crippen MR) is 74.4 cm³/mol. The molecule has 0 radical (unpaired) electrons. The molecule has 0 spiro atoms. The first-order chi connectivity index (χ1) is 8.75. The maximum Gasteiger partial charge on any atom is 0.129 e. The number of aromatic nitrogens is 3. The van der Waals surface area contributed by atoms with Crippen molar-refractivity contribution in [3.63, 3.8) is 0 Å². The first kappa shape index (κ1) is 11.2. The number of benzene rings is 1. The Morgan fingerprint density at radius 3 is 2.94 bits per heavy atom. The van der Waals surface area contributed by atoms with Crippen LogP contribution in [0.5, 0.6) is 0 Å². The van der Waals surface area contributed by atoms with Crippen LogP contribution in [-0.4, -0.2) is 13.7 Å². The number of hydrogen-bond donors (Lipinski definition) is 2. The highest BCUT2D eigenvalue weighted by Gasteiger charge is 2.11. The molecule has 3 N–H and O–H groups in total. The Morgan fingerprint density at radius 1 is 1.22 bits per heavy atom. The highest BCUT2D eigenvalue weighted by molar-refractivity contribution is 7.00. The maximum absolute atomic E-state index is 6.18. The van der Waals surface area contributed by atoms with E-state index in [1.807, 2.05) is 6.07 Å². The lowest BCUT2D eigenvalue weighted by Gasteiger charge is -2.10. The molecule has 0 unspecified atom stereocenters. The monoisotopic (exact) mass is 277 g/mol. The van der Waals surface area contributed by atoms with Crippen LogP contribution in [0, 0.1) is 0 Å². The summed E-state index contributed by atoms with van der Waals surface area (Å²) in [5.41, 5.74) is 9.38. The molecule has 2 heterocycles. The Bertz CT molecular complexity index is 711. The van der Waals surface area contributed by atoms with Gasteiger partial charge < -0.3 is 11.1 Å². The molecule has 0 aliphatic rings. The van der Waals surface area contributed by atoms with Gasteiger partial charge in [-0.25, -0.2) is 0 Å². The Hall–Kier alpha value is -1.92. The van der Waals surface area contributed by atoms with Gasteiger partial charge in [-0.15, -0.1) is 0 Å². The third kappa shape index (κ3) is 1.85. The molecule has 2 aromatic heterocycles. The average molecular weight is 278 g/mol. The summed E-state index contributed by atoms with van der Waals surface area (Å²) in [6.45, 7) is 0. The van der Waals surface area contributed by atoms with Gasteiger partial charge in [0.2, 0.25) is 0 Å². The van der Waals surface area contributed by atoms with Crippen molar-refractivity contribution < 1.29 is 0 Å². The lowest BCUT2D eigenvalue weighted by Crippen LogP contribution is -1.98. The second-order valence-electron chi connectivity index (χ2n) is 3.64. The summed E-state index contributed by atoms with van der Waals surface area (Å²) in [6, 6.07) is 5.40. The van der Waals surface area contributed by atoms with Crippen molar-refractivity contribution in [2.45, 2.75) is 0 Å². The number of rotatable bonds is 2. The van der Waals surface area contributed by atoms with Crippen molar-refractivity contribution in [2.75, 3.05) is 11.1 Å². The zero-order valence-corrected chi connectivity index (χ0v) is 10.7. The fourth-order valence-electron chi connectivity index (χ4n) is 1.60. The number of pyridine rings is 1. The van der Waals surface area contributed by atoms with Gasteiger partial charge in [-0.2, -0.15) is 8.75 Å². The summed E-state index contributed by atoms with van der Waals surface area (Å²) < 4.78 is 8.41. The summed E-state index contributed by atoms with van der Waals surface area (Å²) in [4.78, 5) is 3.94. The Morgan fingerprint density at radius 2 is 2.11 bits per heavy atom. The number of nitrogens with two attached hydrogens (primary N) is 1. The van der Waals surface area contributed by atoms with Crippen LogP contribution < -0.4 is 11.1 Å². The van der Waals surface area contributed by atoms with Crippen LogP contribution in [0.2, 0.25) is 5.02 Å². The molecule has 0 atom stereocenters. The lowest BCUT2D eigenvalue weighted by molar-refractivity contribution is 1.33. The van der Waals surface area contributed by atoms with Crippen molar-refractivity contribution in [3.8, 4) is 0 Å². The molecule has 0 amide bonds. The number of anilines is 3. The normalized spacial score (nSPS) is 10.7. The van der Waals surface area contributed by atoms with Gasteiger partial charge in [0.15, 0.2) is 0 Å². The summed E-state index contributed by atoms with van der Waals surface area (Å²) in [6.07, 6.45) is 3.24. The SMILES string of the molecule is Nc1cnccc1Nc1c(Cl)ccc2nsnc12. The largest absolute Gasteiger partial charge is 0.396 e. The van der Waals surface area contributed by atoms with Crippen molar-refractivity contribution in [1.82, 2.24) is 13.7 Å². The van der Waals surface area contributed by atoms with E-state index in [1.54, 1.807) is 24.5 Å². The molecule has 0 aliphatic heterocycles. The van der Waals surface area contributed by atoms with E-state index < -0.39 is 0 Å². The molecule has 0 saturated heterocycles. The van der Waals surface area contributed by atoms with E-state index in [-0.39, 0.29) is 0 Å². The minimum Gasteiger partial charge on any atom is -0.396 e. The number of fused-ring (bicyclic) bond motifs is 1. The summed E-state index contributed by atoms with van der Waals surface area (Å²) >= 11 is 7.33. The number of nitrogen functional groups attached to an aromatic ring is 1. The van der Waals surface area contributed by atoms with Gasteiger partial charge >= 0.3 is 0 Å². The molecule has 18 heavy (non-hydrogen) atoms. The Balaban J connectivity index is 2.12. The fraction of sp³-hybridized carbons (Fsp3) is 0. The van der Waals surface area contributed by atoms with E-state index in [4.69, 9.17) is 17.3 Å². The summed E-state index contributed by atoms with van der Waals surface area (Å²) in [7, 11) is 0. The topological polar surface area (TPSA) is 76.7 Å². The fourth-order valence-corrected chi connectivity index (χ4v) is 2.34. The first-order valence-corrected chi connectivity index (χ1v) is 6.24. The van der Waals surface area contributed by atoms with Gasteiger partial charge in [0.1, 0.15) is 11.0 Å². The van der Waals surface area contributed by atoms with Gasteiger partial charge in [0, 0.05) is 6.20 Å². The molecule has 0 saturated carbocycles. The minimum atomic E-state index is 0.550. The van der Waals surface area contributed by atoms with Crippen molar-refractivity contribution in [1.29, 1.82) is 0 Å². The molecule has 5 nitrogen and oxygen atoms in total. The van der Waals surface area contributed by atoms with Gasteiger partial charge in [-0.05, 0) is 18.2 Å². The highest BCUT2D eigenvalue weighted by Crippen LogP contribution is 2.33. The maximum atomic E-state index is 6.18. The molecular weight excluding hydrogens is 270 g/mol. The highest BCUT2D eigenvalue weighted by atomic mass is 35.5. The second kappa shape index (κ2) is 4.40. The number of nitrogens with one attached hydrogen (secondary N) is 1. The third-order valence-corrected chi connectivity index (χ3v) is 3.35. The molecule has 0 fully saturated rings. The second-order valence-corrected chi connectivity index (χ2v) is 4.58. The summed E-state index contributed by atoms with van der Waals surface area (Å²) in [5.74, 6) is 0. The van der Waals surface area contributed by atoms with Crippen LogP contribution in [0.3, 0.4) is 0 Å². The van der Waals surface area contributed by atoms with Crippen molar-refractivity contribution in [2.24, 2.45) is 0 Å². The first-order valence-electron chi connectivity index (χ1n) is 5.13. The Kier molecular flexibility index (Phi) is 2.73. The molecule has 3 aromatic rings. The van der Waals surface area contributed by atoms with Crippen LogP contribution in [0.25, 0.3) is 11.0 Å². The van der Waals surface area contributed by atoms with Crippen molar-refractivity contribution in [3.05, 3.63) is 35.6 Å². The van der Waals surface area contributed by atoms with Gasteiger partial charge in [-0.1, -0.05) is 11.6 Å². The number of nitrogens with zero attached hydrogens (tertiary/aromatic N) is 3. The number of halogens is 1. The van der Waals surface area contributed by atoms with E-state index in [0.29, 0.717) is 16.4 Å². The molecule has 0 aliphatic carbocycles. The molecule has 0 bridgehead atoms. The Labute approximate surface area is 112 Å². The predicted octanol–water partition coefficient (Wildman–Crippen LogP) is 3.07. The van der Waals surface area contributed by atoms with Gasteiger partial charge in [-0.3, -0.25) is 4.98 Å². The minimum absolute atomic E-state index is 0.550. The molecule has 3 rings (SSSR count). The van der Waals surface area contributed by atoms with E-state index in [1.165, 1.54) is 0 Å². The van der Waals surface area contributed by atoms with E-state index in [9.17, 15) is 0 Å². The summed E-state index contributed by atoms with van der Waals surface area (Å²) in [5, 5.41) is 3.75. The van der Waals surface area contributed by atoms with E-state index in [2.05, 4.69) is 19.0 Å². The quantitative estimate of drug-likeness (QED) is 0.753. The van der Waals surface area contributed by atoms with Crippen LogP contribution in [0.4, 0.5) is 17.1 Å². The average Bonchev–Trinajstić information content (AvgIpc) is 2.83. The van der Waals surface area contributed by atoms with E-state index in [0.717, 1.165) is 28.4 Å². The molecular formula is C11H8ClN5S. The lowest BCUT2D eigenvalue weighted by atomic mass is 10.2. The van der Waals surface area contributed by atoms with Crippen LogP contribution >= 0.6 is 23.3 Å². The van der Waals surface area contributed by atoms with Crippen LogP contribution in [-0.2, 0) is 0 Å². The van der Waals surface area contributed by atoms with Crippen molar-refractivity contribution >= 4 is 51.4 Å². The smallest absolute Gasteiger partial charge is 0.129 e. The molecule has 1 aromatic carbocycles. The van der Waals surface area contributed by atoms with Crippen LogP contribution in [0.15, 0.2) is 30.6 Å². The van der Waals surface area contributed by atoms with Crippen LogP contribution in [0.1, 0.15) is 0 Å². The number of hydrogen-bond acceptors (Lipinski definition) is 6. The zero-order chi connectivity index (χ0) is 12.5. The molecule has 90 valence electrons. The van der Waals surface area contributed by atoms with Gasteiger partial charge in [0.05, 0.1) is 40.0 Å². The zero-order valence-electron chi connectivity index (χ0n) is 9.09. The third-order valence-electron chi connectivity index (χ3n) is 2.49. The van der Waals surface area contributed by atoms with E-state index >= 15 is 0 Å². The molecule has 7 heteroatoms. The standard InChI is InChI=1S/C11H8ClN5S/c12-6-1-2-9-11(17-18-16-9)10(6)15-8-3-4-14-5-7(8)13/h1-5H,13H2,(H,14,15). The van der Waals surface area contributed by atoms with Gasteiger partial charge in [0.25, 0.3) is 0 Å².